The van der Waals surface area contributed by atoms with Gasteiger partial charge in [0.15, 0.2) is 11.6 Å². The van der Waals surface area contributed by atoms with Gasteiger partial charge in [-0.25, -0.2) is 9.78 Å². The monoisotopic (exact) mass is 370 g/mol. The quantitative estimate of drug-likeness (QED) is 0.898. The predicted octanol–water partition coefficient (Wildman–Crippen LogP) is 2.77. The number of aromatic nitrogens is 1. The molecule has 0 aliphatic carbocycles. The second-order valence-electron chi connectivity index (χ2n) is 7.06. The van der Waals surface area contributed by atoms with E-state index in [-0.39, 0.29) is 17.9 Å². The molecule has 0 radical (unpaired) electrons. The summed E-state index contributed by atoms with van der Waals surface area (Å²) in [6.45, 7) is 3.57. The van der Waals surface area contributed by atoms with Crippen LogP contribution in [0.15, 0.2) is 34.7 Å². The number of benzene rings is 1. The summed E-state index contributed by atoms with van der Waals surface area (Å²) in [5.41, 5.74) is 1.45. The highest BCUT2D eigenvalue weighted by Gasteiger charge is 2.29. The Balaban J connectivity index is 1.53. The van der Waals surface area contributed by atoms with Gasteiger partial charge in [-0.15, -0.1) is 0 Å². The van der Waals surface area contributed by atoms with E-state index in [4.69, 9.17) is 4.42 Å². The third-order valence-electron chi connectivity index (χ3n) is 4.84. The molecule has 1 saturated heterocycles. The number of rotatable bonds is 4. The van der Waals surface area contributed by atoms with E-state index in [1.807, 2.05) is 35.2 Å². The molecule has 0 atom stereocenters. The molecule has 1 aromatic heterocycles. The van der Waals surface area contributed by atoms with Crippen molar-refractivity contribution in [3.63, 3.8) is 0 Å². The zero-order chi connectivity index (χ0) is 19.4. The van der Waals surface area contributed by atoms with E-state index in [1.165, 1.54) is 4.90 Å². The highest BCUT2D eigenvalue weighted by atomic mass is 16.4. The number of carbonyl (C=O) groups is 2. The first-order valence-electron chi connectivity index (χ1n) is 9.21. The van der Waals surface area contributed by atoms with Crippen molar-refractivity contribution in [2.45, 2.75) is 32.2 Å². The minimum atomic E-state index is -0.153. The van der Waals surface area contributed by atoms with E-state index in [9.17, 15) is 9.59 Å². The fourth-order valence-electron chi connectivity index (χ4n) is 3.22. The first-order valence-corrected chi connectivity index (χ1v) is 9.21. The molecule has 1 fully saturated rings. The summed E-state index contributed by atoms with van der Waals surface area (Å²) < 4.78 is 5.75. The number of amides is 3. The molecule has 0 unspecified atom stereocenters. The maximum Gasteiger partial charge on any atom is 0.317 e. The molecule has 0 spiro atoms. The first-order chi connectivity index (χ1) is 13.0. The highest BCUT2D eigenvalue weighted by Crippen LogP contribution is 2.29. The molecule has 7 nitrogen and oxygen atoms in total. The Morgan fingerprint density at radius 2 is 1.89 bits per heavy atom. The van der Waals surface area contributed by atoms with Crippen molar-refractivity contribution in [1.82, 2.24) is 20.1 Å². The van der Waals surface area contributed by atoms with Crippen LogP contribution in [-0.2, 0) is 6.54 Å². The summed E-state index contributed by atoms with van der Waals surface area (Å²) in [5, 5.41) is 2.96. The highest BCUT2D eigenvalue weighted by molar-refractivity contribution is 5.92. The van der Waals surface area contributed by atoms with Gasteiger partial charge in [0.05, 0.1) is 0 Å². The molecule has 1 aliphatic heterocycles. The van der Waals surface area contributed by atoms with Crippen LogP contribution in [0.2, 0.25) is 0 Å². The van der Waals surface area contributed by atoms with Gasteiger partial charge in [0, 0.05) is 39.6 Å². The largest absolute Gasteiger partial charge is 0.445 e. The first kappa shape index (κ1) is 18.9. The Morgan fingerprint density at radius 3 is 2.52 bits per heavy atom. The topological polar surface area (TPSA) is 78.7 Å². The van der Waals surface area contributed by atoms with Crippen molar-refractivity contribution in [2.75, 3.05) is 27.2 Å². The fraction of sp³-hybridized carbons (Fsp3) is 0.450. The molecule has 2 aromatic rings. The van der Waals surface area contributed by atoms with Gasteiger partial charge >= 0.3 is 6.03 Å². The second-order valence-corrected chi connectivity index (χ2v) is 7.06. The number of urea groups is 1. The lowest BCUT2D eigenvalue weighted by Gasteiger charge is -2.30. The van der Waals surface area contributed by atoms with E-state index in [0.717, 1.165) is 18.4 Å². The summed E-state index contributed by atoms with van der Waals surface area (Å²) in [6, 6.07) is 9.80. The van der Waals surface area contributed by atoms with Gasteiger partial charge in [0.1, 0.15) is 5.76 Å². The summed E-state index contributed by atoms with van der Waals surface area (Å²) in [7, 11) is 3.39. The smallest absolute Gasteiger partial charge is 0.317 e. The number of aryl methyl sites for hydroxylation is 1. The van der Waals surface area contributed by atoms with Gasteiger partial charge in [0.25, 0.3) is 5.91 Å². The number of hydrogen-bond acceptors (Lipinski definition) is 4. The molecule has 27 heavy (non-hydrogen) atoms. The van der Waals surface area contributed by atoms with Crippen LogP contribution in [0.1, 0.15) is 46.5 Å². The van der Waals surface area contributed by atoms with Crippen molar-refractivity contribution < 1.29 is 14.0 Å². The maximum absolute atomic E-state index is 12.4. The Kier molecular flexibility index (Phi) is 5.78. The van der Waals surface area contributed by atoms with E-state index in [1.54, 1.807) is 21.0 Å². The van der Waals surface area contributed by atoms with Crippen molar-refractivity contribution >= 4 is 11.9 Å². The number of nitrogens with zero attached hydrogens (tertiary/aromatic N) is 3. The number of piperidine rings is 1. The van der Waals surface area contributed by atoms with E-state index < -0.39 is 0 Å². The van der Waals surface area contributed by atoms with Crippen molar-refractivity contribution in [2.24, 2.45) is 0 Å². The molecule has 3 amide bonds. The molecule has 0 bridgehead atoms. The molecular formula is C20H26N4O3. The number of likely N-dealkylation sites (tertiary alicyclic amines) is 1. The standard InChI is InChI=1S/C20H26N4O3/c1-14-17(19(25)23(2)3)22-18(27-14)16-9-11-24(12-10-16)20(26)21-13-15-7-5-4-6-8-15/h4-8,16H,9-13H2,1-3H3,(H,21,26). The van der Waals surface area contributed by atoms with Gasteiger partial charge in [0.2, 0.25) is 0 Å². The lowest BCUT2D eigenvalue weighted by molar-refractivity contribution is 0.0821. The van der Waals surface area contributed by atoms with Crippen LogP contribution in [0.4, 0.5) is 4.79 Å². The molecule has 144 valence electrons. The zero-order valence-electron chi connectivity index (χ0n) is 16.1. The Bertz CT molecular complexity index is 793. The summed E-state index contributed by atoms with van der Waals surface area (Å²) in [6.07, 6.45) is 1.54. The number of nitrogens with one attached hydrogen (secondary N) is 1. The minimum Gasteiger partial charge on any atom is -0.445 e. The molecule has 1 aliphatic rings. The molecular weight excluding hydrogens is 344 g/mol. The fourth-order valence-corrected chi connectivity index (χ4v) is 3.22. The summed E-state index contributed by atoms with van der Waals surface area (Å²) in [4.78, 5) is 32.2. The van der Waals surface area contributed by atoms with Gasteiger partial charge in [-0.1, -0.05) is 30.3 Å². The van der Waals surface area contributed by atoms with Crippen LogP contribution in [0.3, 0.4) is 0 Å². The molecule has 3 rings (SSSR count). The maximum atomic E-state index is 12.4. The van der Waals surface area contributed by atoms with Gasteiger partial charge in [-0.3, -0.25) is 4.79 Å². The number of oxazole rings is 1. The minimum absolute atomic E-state index is 0.0515. The van der Waals surface area contributed by atoms with Crippen LogP contribution >= 0.6 is 0 Å². The van der Waals surface area contributed by atoms with Gasteiger partial charge in [-0.2, -0.15) is 0 Å². The number of hydrogen-bond donors (Lipinski definition) is 1. The third kappa shape index (κ3) is 4.48. The second kappa shape index (κ2) is 8.24. The van der Waals surface area contributed by atoms with E-state index in [2.05, 4.69) is 10.3 Å². The SMILES string of the molecule is Cc1oc(C2CCN(C(=O)NCc3ccccc3)CC2)nc1C(=O)N(C)C. The lowest BCUT2D eigenvalue weighted by Crippen LogP contribution is -2.43. The molecule has 1 N–H and O–H groups in total. The van der Waals surface area contributed by atoms with Crippen LogP contribution in [0, 0.1) is 6.92 Å². The van der Waals surface area contributed by atoms with Crippen LogP contribution in [0.5, 0.6) is 0 Å². The van der Waals surface area contributed by atoms with E-state index in [0.29, 0.717) is 37.0 Å². The lowest BCUT2D eigenvalue weighted by atomic mass is 9.97. The van der Waals surface area contributed by atoms with Gasteiger partial charge < -0.3 is 19.5 Å². The average molecular weight is 370 g/mol. The van der Waals surface area contributed by atoms with Crippen molar-refractivity contribution in [3.05, 3.63) is 53.2 Å². The molecule has 1 aromatic carbocycles. The van der Waals surface area contributed by atoms with Crippen LogP contribution in [-0.4, -0.2) is 53.9 Å². The number of carbonyl (C=O) groups excluding carboxylic acids is 2. The Morgan fingerprint density at radius 1 is 1.22 bits per heavy atom. The van der Waals surface area contributed by atoms with Crippen molar-refractivity contribution in [3.8, 4) is 0 Å². The van der Waals surface area contributed by atoms with Crippen LogP contribution < -0.4 is 5.32 Å². The van der Waals surface area contributed by atoms with Gasteiger partial charge in [-0.05, 0) is 25.3 Å². The normalized spacial score (nSPS) is 14.9. The Hall–Kier alpha value is -2.83. The van der Waals surface area contributed by atoms with Crippen LogP contribution in [0.25, 0.3) is 0 Å². The molecule has 2 heterocycles. The van der Waals surface area contributed by atoms with Crippen molar-refractivity contribution in [1.29, 1.82) is 0 Å². The van der Waals surface area contributed by atoms with E-state index >= 15 is 0 Å². The Labute approximate surface area is 159 Å². The summed E-state index contributed by atoms with van der Waals surface area (Å²) in [5.74, 6) is 1.12. The molecule has 0 saturated carbocycles. The summed E-state index contributed by atoms with van der Waals surface area (Å²) >= 11 is 0. The molecule has 7 heteroatoms. The zero-order valence-corrected chi connectivity index (χ0v) is 16.1. The average Bonchev–Trinajstić information content (AvgIpc) is 3.08. The third-order valence-corrected chi connectivity index (χ3v) is 4.84. The predicted molar refractivity (Wildman–Crippen MR) is 101 cm³/mol.